The third-order valence-corrected chi connectivity index (χ3v) is 5.11. The first-order valence-electron chi connectivity index (χ1n) is 6.17. The van der Waals surface area contributed by atoms with E-state index in [1.165, 1.54) is 12.1 Å². The lowest BCUT2D eigenvalue weighted by Gasteiger charge is -2.16. The molecule has 108 valence electrons. The summed E-state index contributed by atoms with van der Waals surface area (Å²) in [5.74, 6) is 0.622. The highest BCUT2D eigenvalue weighted by Gasteiger charge is 2.19. The summed E-state index contributed by atoms with van der Waals surface area (Å²) in [4.78, 5) is 0.0108. The minimum absolute atomic E-state index is 0.0108. The lowest BCUT2D eigenvalue weighted by molar-refractivity contribution is 0.281. The van der Waals surface area contributed by atoms with Crippen molar-refractivity contribution in [3.05, 3.63) is 28.8 Å². The van der Waals surface area contributed by atoms with Crippen molar-refractivity contribution in [2.45, 2.75) is 32.3 Å². The van der Waals surface area contributed by atoms with Crippen molar-refractivity contribution in [1.29, 1.82) is 0 Å². The highest BCUT2D eigenvalue weighted by atomic mass is 35.5. The summed E-state index contributed by atoms with van der Waals surface area (Å²) in [7, 11) is -3.65. The Balaban J connectivity index is 2.94. The summed E-state index contributed by atoms with van der Waals surface area (Å²) >= 11 is 5.91. The van der Waals surface area contributed by atoms with E-state index in [4.69, 9.17) is 16.7 Å². The molecule has 0 spiro atoms. The monoisotopic (exact) mass is 305 g/mol. The normalized spacial score (nSPS) is 13.8. The quantitative estimate of drug-likeness (QED) is 0.848. The zero-order chi connectivity index (χ0) is 14.6. The SMILES string of the molecule is CC(C)C(C)CNS(=O)(=O)c1cc(CO)ccc1Cl. The molecule has 0 fully saturated rings. The summed E-state index contributed by atoms with van der Waals surface area (Å²) in [5.41, 5.74) is 0.515. The molecule has 1 unspecified atom stereocenters. The first-order chi connectivity index (χ1) is 8.77. The van der Waals surface area contributed by atoms with Crippen molar-refractivity contribution < 1.29 is 13.5 Å². The standard InChI is InChI=1S/C13H20ClNO3S/c1-9(2)10(3)7-15-19(17,18)13-6-11(8-16)4-5-12(13)14/h4-6,9-10,15-16H,7-8H2,1-3H3. The van der Waals surface area contributed by atoms with E-state index in [0.717, 1.165) is 0 Å². The number of aliphatic hydroxyl groups is 1. The lowest BCUT2D eigenvalue weighted by Crippen LogP contribution is -2.30. The Morgan fingerprint density at radius 2 is 1.95 bits per heavy atom. The van der Waals surface area contributed by atoms with Crippen molar-refractivity contribution in [2.24, 2.45) is 11.8 Å². The maximum atomic E-state index is 12.2. The molecule has 2 N–H and O–H groups in total. The highest BCUT2D eigenvalue weighted by molar-refractivity contribution is 7.89. The van der Waals surface area contributed by atoms with Gasteiger partial charge < -0.3 is 5.11 Å². The minimum Gasteiger partial charge on any atom is -0.392 e. The number of aliphatic hydroxyl groups excluding tert-OH is 1. The fourth-order valence-corrected chi connectivity index (χ4v) is 3.10. The number of halogens is 1. The molecular formula is C13H20ClNO3S. The summed E-state index contributed by atoms with van der Waals surface area (Å²) in [6, 6.07) is 4.47. The fraction of sp³-hybridized carbons (Fsp3) is 0.538. The Morgan fingerprint density at radius 3 is 2.47 bits per heavy atom. The summed E-state index contributed by atoms with van der Waals surface area (Å²) in [6.45, 7) is 6.21. The minimum atomic E-state index is -3.65. The van der Waals surface area contributed by atoms with Gasteiger partial charge in [0.1, 0.15) is 4.90 Å². The Labute approximate surface area is 119 Å². The van der Waals surface area contributed by atoms with E-state index < -0.39 is 10.0 Å². The highest BCUT2D eigenvalue weighted by Crippen LogP contribution is 2.23. The van der Waals surface area contributed by atoms with Crippen LogP contribution in [0.3, 0.4) is 0 Å². The van der Waals surface area contributed by atoms with Gasteiger partial charge in [-0.15, -0.1) is 0 Å². The molecule has 0 aliphatic rings. The van der Waals surface area contributed by atoms with Crippen LogP contribution in [0.4, 0.5) is 0 Å². The molecule has 0 heterocycles. The molecule has 1 aromatic rings. The maximum absolute atomic E-state index is 12.2. The average molecular weight is 306 g/mol. The zero-order valence-corrected chi connectivity index (χ0v) is 12.9. The van der Waals surface area contributed by atoms with Crippen molar-refractivity contribution in [3.8, 4) is 0 Å². The summed E-state index contributed by atoms with van der Waals surface area (Å²) in [6.07, 6.45) is 0. The first-order valence-corrected chi connectivity index (χ1v) is 8.03. The van der Waals surface area contributed by atoms with Crippen LogP contribution in [0.15, 0.2) is 23.1 Å². The third kappa shape index (κ3) is 4.45. The van der Waals surface area contributed by atoms with Gasteiger partial charge in [-0.2, -0.15) is 0 Å². The van der Waals surface area contributed by atoms with Crippen LogP contribution in [-0.2, 0) is 16.6 Å². The van der Waals surface area contributed by atoms with Gasteiger partial charge in [-0.05, 0) is 29.5 Å². The third-order valence-electron chi connectivity index (χ3n) is 3.20. The van der Waals surface area contributed by atoms with Gasteiger partial charge in [-0.3, -0.25) is 0 Å². The number of hydrogen-bond donors (Lipinski definition) is 2. The molecular weight excluding hydrogens is 286 g/mol. The Morgan fingerprint density at radius 1 is 1.32 bits per heavy atom. The molecule has 0 aliphatic carbocycles. The number of sulfonamides is 1. The van der Waals surface area contributed by atoms with Crippen LogP contribution in [0.1, 0.15) is 26.3 Å². The number of hydrogen-bond acceptors (Lipinski definition) is 3. The molecule has 0 aromatic heterocycles. The maximum Gasteiger partial charge on any atom is 0.242 e. The zero-order valence-electron chi connectivity index (χ0n) is 11.4. The largest absolute Gasteiger partial charge is 0.392 e. The predicted octanol–water partition coefficient (Wildman–Crippen LogP) is 2.40. The van der Waals surface area contributed by atoms with Crippen molar-refractivity contribution in [1.82, 2.24) is 4.72 Å². The van der Waals surface area contributed by atoms with Crippen LogP contribution >= 0.6 is 11.6 Å². The van der Waals surface area contributed by atoms with E-state index in [-0.39, 0.29) is 22.4 Å². The van der Waals surface area contributed by atoms with Gasteiger partial charge in [0.15, 0.2) is 0 Å². The van der Waals surface area contributed by atoms with Gasteiger partial charge in [0.25, 0.3) is 0 Å². The van der Waals surface area contributed by atoms with Crippen LogP contribution in [0.25, 0.3) is 0 Å². The first kappa shape index (κ1) is 16.4. The Bertz CT molecular complexity index is 529. The molecule has 0 bridgehead atoms. The van der Waals surface area contributed by atoms with Crippen LogP contribution in [0, 0.1) is 11.8 Å². The molecule has 0 aliphatic heterocycles. The number of nitrogens with one attached hydrogen (secondary N) is 1. The van der Waals surface area contributed by atoms with Crippen LogP contribution in [0.5, 0.6) is 0 Å². The van der Waals surface area contributed by atoms with E-state index in [9.17, 15) is 8.42 Å². The second-order valence-electron chi connectivity index (χ2n) is 5.00. The summed E-state index contributed by atoms with van der Waals surface area (Å²) in [5, 5.41) is 9.21. The molecule has 0 saturated heterocycles. The fourth-order valence-electron chi connectivity index (χ4n) is 1.41. The van der Waals surface area contributed by atoms with E-state index >= 15 is 0 Å². The van der Waals surface area contributed by atoms with Crippen LogP contribution < -0.4 is 4.72 Å². The molecule has 1 aromatic carbocycles. The number of benzene rings is 1. The molecule has 1 atom stereocenters. The number of rotatable bonds is 6. The second-order valence-corrected chi connectivity index (χ2v) is 7.14. The molecule has 1 rings (SSSR count). The Kier molecular flexibility index (Phi) is 5.80. The smallest absolute Gasteiger partial charge is 0.242 e. The van der Waals surface area contributed by atoms with E-state index in [0.29, 0.717) is 18.0 Å². The molecule has 19 heavy (non-hydrogen) atoms. The van der Waals surface area contributed by atoms with Gasteiger partial charge in [0, 0.05) is 6.54 Å². The van der Waals surface area contributed by atoms with Gasteiger partial charge in [0.2, 0.25) is 10.0 Å². The summed E-state index contributed by atoms with van der Waals surface area (Å²) < 4.78 is 26.9. The molecule has 6 heteroatoms. The van der Waals surface area contributed by atoms with Crippen LogP contribution in [-0.4, -0.2) is 20.1 Å². The van der Waals surface area contributed by atoms with E-state index in [2.05, 4.69) is 4.72 Å². The van der Waals surface area contributed by atoms with E-state index in [1.807, 2.05) is 20.8 Å². The van der Waals surface area contributed by atoms with Gasteiger partial charge in [-0.25, -0.2) is 13.1 Å². The van der Waals surface area contributed by atoms with Gasteiger partial charge >= 0.3 is 0 Å². The topological polar surface area (TPSA) is 66.4 Å². The molecule has 4 nitrogen and oxygen atoms in total. The van der Waals surface area contributed by atoms with Crippen LogP contribution in [0.2, 0.25) is 5.02 Å². The average Bonchev–Trinajstić information content (AvgIpc) is 2.36. The van der Waals surface area contributed by atoms with Gasteiger partial charge in [0.05, 0.1) is 11.6 Å². The van der Waals surface area contributed by atoms with Crippen molar-refractivity contribution >= 4 is 21.6 Å². The molecule has 0 radical (unpaired) electrons. The van der Waals surface area contributed by atoms with Gasteiger partial charge in [-0.1, -0.05) is 38.4 Å². The second kappa shape index (κ2) is 6.70. The molecule has 0 saturated carbocycles. The van der Waals surface area contributed by atoms with Crippen molar-refractivity contribution in [3.63, 3.8) is 0 Å². The molecule has 0 amide bonds. The predicted molar refractivity (Wildman–Crippen MR) is 76.6 cm³/mol. The van der Waals surface area contributed by atoms with Crippen molar-refractivity contribution in [2.75, 3.05) is 6.54 Å². The Hall–Kier alpha value is -0.620. The lowest BCUT2D eigenvalue weighted by atomic mass is 9.99. The van der Waals surface area contributed by atoms with E-state index in [1.54, 1.807) is 6.07 Å².